The van der Waals surface area contributed by atoms with Gasteiger partial charge in [0.15, 0.2) is 0 Å². The smallest absolute Gasteiger partial charge is 0.252 e. The van der Waals surface area contributed by atoms with Crippen LogP contribution in [0.1, 0.15) is 76.0 Å². The molecule has 3 aliphatic rings. The molecule has 0 spiro atoms. The van der Waals surface area contributed by atoms with E-state index in [1.54, 1.807) is 0 Å². The molecule has 0 atom stereocenters. The summed E-state index contributed by atoms with van der Waals surface area (Å²) < 4.78 is 0. The van der Waals surface area contributed by atoms with Crippen LogP contribution in [0.4, 0.5) is 68.2 Å². The highest BCUT2D eigenvalue weighted by molar-refractivity contribution is 8.00. The van der Waals surface area contributed by atoms with Crippen molar-refractivity contribution in [3.63, 3.8) is 0 Å². The molecule has 396 valence electrons. The summed E-state index contributed by atoms with van der Waals surface area (Å²) in [5.74, 6) is 1.07. The molecule has 0 N–H and O–H groups in total. The third-order valence-electron chi connectivity index (χ3n) is 17.0. The highest BCUT2D eigenvalue weighted by Gasteiger charge is 2.46. The zero-order chi connectivity index (χ0) is 55.6. The summed E-state index contributed by atoms with van der Waals surface area (Å²) in [6.07, 6.45) is 0. The Morgan fingerprint density at radius 3 is 1.20 bits per heavy atom. The van der Waals surface area contributed by atoms with E-state index in [0.717, 1.165) is 62.6 Å². The summed E-state index contributed by atoms with van der Waals surface area (Å²) in [6.45, 7) is 14.1. The molecule has 0 bridgehead atoms. The lowest BCUT2D eigenvalue weighted by molar-refractivity contribution is 0.812. The molecule has 11 aromatic carbocycles. The standard InChI is InChI=1S/C75H64B2N4S/c1-50(2)53-43-62(51(3)4)74(63(44-53)52(5)6)77-65-39-25-26-40-72(65)82-73-49-69-66(48-67(73)77)76-64-42-41-60(78(54-27-13-7-14-28-54)55-29-15-8-16-30-55)45-68(64)80(58-35-21-11-22-36-58)70-46-61(47-71(75(70)76)81(69)59-37-23-12-24-38-59)79(56-31-17-9-18-32-56)57-33-19-10-20-34-57/h7-52H,1-6H3. The summed E-state index contributed by atoms with van der Waals surface area (Å²) >= 11 is 1.93. The molecular formula is C75H64B2N4S. The van der Waals surface area contributed by atoms with Gasteiger partial charge in [0.1, 0.15) is 0 Å². The molecule has 0 aliphatic carbocycles. The number of anilines is 12. The molecule has 7 heteroatoms. The lowest BCUT2D eigenvalue weighted by atomic mass is 9.31. The first kappa shape index (κ1) is 51.3. The summed E-state index contributed by atoms with van der Waals surface area (Å²) in [5, 5.41) is 0. The molecule has 11 aromatic rings. The number of fused-ring (bicyclic) bond motifs is 6. The Labute approximate surface area is 489 Å². The molecule has 0 amide bonds. The van der Waals surface area contributed by atoms with E-state index in [4.69, 9.17) is 0 Å². The van der Waals surface area contributed by atoms with Gasteiger partial charge in [-0.3, -0.25) is 0 Å². The second-order valence-electron chi connectivity index (χ2n) is 23.0. The second kappa shape index (κ2) is 21.2. The minimum atomic E-state index is -0.146. The Hall–Kier alpha value is -8.90. The van der Waals surface area contributed by atoms with Gasteiger partial charge in [0, 0.05) is 72.4 Å². The SMILES string of the molecule is CC(C)c1cc(C(C)C)c(B2c3ccccc3Sc3cc4c(cc32)B2c3ccc(N(c5ccccc5)c5ccccc5)cc3N(c3ccccc3)c3cc(N(c5ccccc5)c5ccccc5)cc(c32)N4c2ccccc2)c(C(C)C)c1. The maximum Gasteiger partial charge on any atom is 0.252 e. The average Bonchev–Trinajstić information content (AvgIpc) is 2.15. The van der Waals surface area contributed by atoms with Crippen LogP contribution in [-0.2, 0) is 0 Å². The summed E-state index contributed by atoms with van der Waals surface area (Å²) in [5.41, 5.74) is 25.8. The van der Waals surface area contributed by atoms with Crippen LogP contribution in [0.15, 0.2) is 271 Å². The van der Waals surface area contributed by atoms with Crippen molar-refractivity contribution in [1.29, 1.82) is 0 Å². The molecule has 3 aliphatic heterocycles. The van der Waals surface area contributed by atoms with Gasteiger partial charge in [0.05, 0.1) is 5.69 Å². The summed E-state index contributed by atoms with van der Waals surface area (Å²) in [7, 11) is 0. The van der Waals surface area contributed by atoms with Gasteiger partial charge in [-0.25, -0.2) is 0 Å². The molecule has 0 unspecified atom stereocenters. The van der Waals surface area contributed by atoms with E-state index in [-0.39, 0.29) is 13.4 Å². The van der Waals surface area contributed by atoms with Crippen LogP contribution in [0.25, 0.3) is 0 Å². The maximum atomic E-state index is 2.67. The van der Waals surface area contributed by atoms with Crippen molar-refractivity contribution < 1.29 is 0 Å². The van der Waals surface area contributed by atoms with E-state index in [0.29, 0.717) is 17.8 Å². The summed E-state index contributed by atoms with van der Waals surface area (Å²) in [6, 6.07) is 97.3. The summed E-state index contributed by atoms with van der Waals surface area (Å²) in [4.78, 5) is 12.6. The van der Waals surface area contributed by atoms with Gasteiger partial charge in [-0.2, -0.15) is 0 Å². The van der Waals surface area contributed by atoms with Crippen molar-refractivity contribution in [2.45, 2.75) is 69.1 Å². The second-order valence-corrected chi connectivity index (χ2v) is 24.1. The van der Waals surface area contributed by atoms with Crippen LogP contribution in [0.3, 0.4) is 0 Å². The fourth-order valence-corrected chi connectivity index (χ4v) is 14.4. The van der Waals surface area contributed by atoms with E-state index < -0.39 is 0 Å². The van der Waals surface area contributed by atoms with Gasteiger partial charge in [-0.15, -0.1) is 0 Å². The molecule has 14 rings (SSSR count). The quantitative estimate of drug-likeness (QED) is 0.113. The fraction of sp³-hybridized carbons (Fsp3) is 0.120. The lowest BCUT2D eigenvalue weighted by Gasteiger charge is -2.46. The van der Waals surface area contributed by atoms with Crippen LogP contribution in [-0.4, -0.2) is 13.4 Å². The van der Waals surface area contributed by atoms with Crippen molar-refractivity contribution in [3.05, 3.63) is 278 Å². The van der Waals surface area contributed by atoms with Gasteiger partial charge in [-0.1, -0.05) is 221 Å². The minimum Gasteiger partial charge on any atom is -0.311 e. The molecule has 0 aromatic heterocycles. The van der Waals surface area contributed by atoms with E-state index in [9.17, 15) is 0 Å². The van der Waals surface area contributed by atoms with Crippen LogP contribution >= 0.6 is 11.8 Å². The first-order chi connectivity index (χ1) is 40.2. The number of benzene rings is 11. The Kier molecular flexibility index (Phi) is 13.3. The molecule has 0 saturated heterocycles. The van der Waals surface area contributed by atoms with E-state index in [1.165, 1.54) is 64.9 Å². The average molecular weight is 1080 g/mol. The van der Waals surface area contributed by atoms with Crippen molar-refractivity contribution in [2.75, 3.05) is 19.6 Å². The topological polar surface area (TPSA) is 13.0 Å². The lowest BCUT2D eigenvalue weighted by Crippen LogP contribution is -2.64. The Morgan fingerprint density at radius 2 is 0.720 bits per heavy atom. The Morgan fingerprint density at radius 1 is 0.305 bits per heavy atom. The van der Waals surface area contributed by atoms with E-state index >= 15 is 0 Å². The van der Waals surface area contributed by atoms with Crippen molar-refractivity contribution in [3.8, 4) is 0 Å². The van der Waals surface area contributed by atoms with E-state index in [2.05, 4.69) is 322 Å². The van der Waals surface area contributed by atoms with Crippen LogP contribution in [0.5, 0.6) is 0 Å². The van der Waals surface area contributed by atoms with Crippen molar-refractivity contribution in [1.82, 2.24) is 0 Å². The molecule has 0 radical (unpaired) electrons. The molecule has 0 fully saturated rings. The molecule has 4 nitrogen and oxygen atoms in total. The zero-order valence-electron chi connectivity index (χ0n) is 47.4. The van der Waals surface area contributed by atoms with Crippen LogP contribution < -0.4 is 52.4 Å². The van der Waals surface area contributed by atoms with Gasteiger partial charge in [0.25, 0.3) is 6.71 Å². The Bertz CT molecular complexity index is 4030. The van der Waals surface area contributed by atoms with Crippen LogP contribution in [0, 0.1) is 0 Å². The molecular weight excluding hydrogens is 1010 g/mol. The molecule has 3 heterocycles. The first-order valence-corrected chi connectivity index (χ1v) is 30.0. The predicted molar refractivity (Wildman–Crippen MR) is 354 cm³/mol. The Balaban J connectivity index is 1.11. The van der Waals surface area contributed by atoms with Gasteiger partial charge >= 0.3 is 0 Å². The number of hydrogen-bond acceptors (Lipinski definition) is 5. The largest absolute Gasteiger partial charge is 0.311 e. The predicted octanol–water partition coefficient (Wildman–Crippen LogP) is 17.1. The molecule has 82 heavy (non-hydrogen) atoms. The maximum absolute atomic E-state index is 2.67. The number of rotatable bonds is 12. The first-order valence-electron chi connectivity index (χ1n) is 29.1. The minimum absolute atomic E-state index is 0.0176. The van der Waals surface area contributed by atoms with Gasteiger partial charge in [0.2, 0.25) is 6.71 Å². The third-order valence-corrected chi connectivity index (χ3v) is 18.2. The van der Waals surface area contributed by atoms with E-state index in [1.807, 2.05) is 11.8 Å². The van der Waals surface area contributed by atoms with Crippen LogP contribution in [0.2, 0.25) is 0 Å². The van der Waals surface area contributed by atoms with Gasteiger partial charge in [-0.05, 0) is 160 Å². The number of hydrogen-bond donors (Lipinski definition) is 0. The normalized spacial score (nSPS) is 12.9. The zero-order valence-corrected chi connectivity index (χ0v) is 48.2. The highest BCUT2D eigenvalue weighted by atomic mass is 32.2. The van der Waals surface area contributed by atoms with Gasteiger partial charge < -0.3 is 19.6 Å². The fourth-order valence-electron chi connectivity index (χ4n) is 13.3. The molecule has 0 saturated carbocycles. The highest BCUT2D eigenvalue weighted by Crippen LogP contribution is 2.50. The monoisotopic (exact) mass is 1070 g/mol. The van der Waals surface area contributed by atoms with Crippen molar-refractivity contribution >= 4 is 126 Å². The third kappa shape index (κ3) is 8.81. The number of nitrogens with zero attached hydrogens (tertiary/aromatic N) is 4. The van der Waals surface area contributed by atoms with Crippen molar-refractivity contribution in [2.24, 2.45) is 0 Å². The number of para-hydroxylation sites is 6.